The molecule has 2 aromatic heterocycles. The van der Waals surface area contributed by atoms with E-state index < -0.39 is 10.0 Å². The van der Waals surface area contributed by atoms with E-state index in [-0.39, 0.29) is 4.90 Å². The summed E-state index contributed by atoms with van der Waals surface area (Å²) >= 11 is 0. The summed E-state index contributed by atoms with van der Waals surface area (Å²) in [5.41, 5.74) is 2.52. The second-order valence-corrected chi connectivity index (χ2v) is 8.02. The van der Waals surface area contributed by atoms with Gasteiger partial charge in [-0.25, -0.2) is 12.7 Å². The van der Waals surface area contributed by atoms with Crippen LogP contribution in [0.5, 0.6) is 0 Å². The lowest BCUT2D eigenvalue weighted by Crippen LogP contribution is -2.22. The van der Waals surface area contributed by atoms with Crippen LogP contribution in [-0.4, -0.2) is 41.9 Å². The van der Waals surface area contributed by atoms with Crippen molar-refractivity contribution in [1.82, 2.24) is 19.4 Å². The first-order valence-corrected chi connectivity index (χ1v) is 9.28. The molecule has 8 heteroatoms. The van der Waals surface area contributed by atoms with Gasteiger partial charge in [0.15, 0.2) is 0 Å². The first kappa shape index (κ1) is 18.0. The first-order chi connectivity index (χ1) is 12.4. The topological polar surface area (TPSA) is 89.2 Å². The largest absolute Gasteiger partial charge is 0.334 e. The summed E-state index contributed by atoms with van der Waals surface area (Å²) in [6.07, 6.45) is 5.13. The van der Waals surface area contributed by atoms with Crippen molar-refractivity contribution < 1.29 is 12.9 Å². The summed E-state index contributed by atoms with van der Waals surface area (Å²) < 4.78 is 30.5. The standard InChI is InChI=1S/C18H18N4O3S/c1-13-10-11-19-16(12-13)18-20-17(25-21-18)9-6-14-4-7-15(8-5-14)26(23,24)22(2)3/h4-12H,1-3H3/b9-6+. The Morgan fingerprint density at radius 3 is 2.46 bits per heavy atom. The van der Waals surface area contributed by atoms with E-state index in [0.29, 0.717) is 17.4 Å². The van der Waals surface area contributed by atoms with Crippen molar-refractivity contribution in [3.05, 3.63) is 59.6 Å². The van der Waals surface area contributed by atoms with E-state index in [0.717, 1.165) is 11.1 Å². The van der Waals surface area contributed by atoms with Gasteiger partial charge >= 0.3 is 0 Å². The quantitative estimate of drug-likeness (QED) is 0.686. The van der Waals surface area contributed by atoms with E-state index in [9.17, 15) is 8.42 Å². The van der Waals surface area contributed by atoms with Crippen molar-refractivity contribution in [3.63, 3.8) is 0 Å². The molecule has 0 fully saturated rings. The zero-order valence-electron chi connectivity index (χ0n) is 14.6. The van der Waals surface area contributed by atoms with Crippen molar-refractivity contribution in [2.75, 3.05) is 14.1 Å². The third-order valence-corrected chi connectivity index (χ3v) is 5.49. The number of hydrogen-bond donors (Lipinski definition) is 0. The maximum absolute atomic E-state index is 12.1. The van der Waals surface area contributed by atoms with Crippen molar-refractivity contribution >= 4 is 22.2 Å². The molecule has 0 radical (unpaired) electrons. The van der Waals surface area contributed by atoms with Gasteiger partial charge in [0.25, 0.3) is 5.89 Å². The molecule has 0 N–H and O–H groups in total. The number of sulfonamides is 1. The van der Waals surface area contributed by atoms with Gasteiger partial charge in [-0.3, -0.25) is 4.98 Å². The third kappa shape index (κ3) is 3.87. The summed E-state index contributed by atoms with van der Waals surface area (Å²) in [6, 6.07) is 10.3. The van der Waals surface area contributed by atoms with Gasteiger partial charge < -0.3 is 4.52 Å². The Hall–Kier alpha value is -2.84. The average molecular weight is 370 g/mol. The van der Waals surface area contributed by atoms with E-state index >= 15 is 0 Å². The van der Waals surface area contributed by atoms with Gasteiger partial charge in [0.05, 0.1) is 4.90 Å². The van der Waals surface area contributed by atoms with Gasteiger partial charge in [0.1, 0.15) is 5.69 Å². The molecule has 0 aliphatic heterocycles. The fourth-order valence-corrected chi connectivity index (χ4v) is 3.10. The van der Waals surface area contributed by atoms with Crippen molar-refractivity contribution in [2.24, 2.45) is 0 Å². The van der Waals surface area contributed by atoms with E-state index in [2.05, 4.69) is 15.1 Å². The van der Waals surface area contributed by atoms with Crippen LogP contribution in [-0.2, 0) is 10.0 Å². The second-order valence-electron chi connectivity index (χ2n) is 5.86. The number of aromatic nitrogens is 3. The van der Waals surface area contributed by atoms with Gasteiger partial charge in [-0.15, -0.1) is 0 Å². The Morgan fingerprint density at radius 2 is 1.81 bits per heavy atom. The molecule has 0 spiro atoms. The number of pyridine rings is 1. The molecule has 3 aromatic rings. The number of hydrogen-bond acceptors (Lipinski definition) is 6. The molecule has 0 aliphatic rings. The van der Waals surface area contributed by atoms with E-state index in [4.69, 9.17) is 4.52 Å². The second kappa shape index (κ2) is 7.19. The summed E-state index contributed by atoms with van der Waals surface area (Å²) in [5, 5.41) is 3.92. The van der Waals surface area contributed by atoms with Crippen LogP contribution in [0.15, 0.2) is 52.0 Å². The molecule has 7 nitrogen and oxygen atoms in total. The normalized spacial score (nSPS) is 12.2. The Morgan fingerprint density at radius 1 is 1.08 bits per heavy atom. The smallest absolute Gasteiger partial charge is 0.251 e. The third-order valence-electron chi connectivity index (χ3n) is 3.66. The maximum atomic E-state index is 12.1. The fourth-order valence-electron chi connectivity index (χ4n) is 2.19. The maximum Gasteiger partial charge on any atom is 0.251 e. The Kier molecular flexibility index (Phi) is 4.97. The number of nitrogens with zero attached hydrogens (tertiary/aromatic N) is 4. The summed E-state index contributed by atoms with van der Waals surface area (Å²) in [4.78, 5) is 8.75. The van der Waals surface area contributed by atoms with Crippen LogP contribution >= 0.6 is 0 Å². The molecule has 134 valence electrons. The lowest BCUT2D eigenvalue weighted by atomic mass is 10.2. The molecule has 26 heavy (non-hydrogen) atoms. The predicted molar refractivity (Wildman–Crippen MR) is 98.5 cm³/mol. The van der Waals surface area contributed by atoms with Crippen molar-refractivity contribution in [3.8, 4) is 11.5 Å². The average Bonchev–Trinajstić information content (AvgIpc) is 3.09. The van der Waals surface area contributed by atoms with Crippen LogP contribution in [0.3, 0.4) is 0 Å². The van der Waals surface area contributed by atoms with Crippen LogP contribution < -0.4 is 0 Å². The number of rotatable bonds is 5. The van der Waals surface area contributed by atoms with E-state index in [1.54, 1.807) is 42.6 Å². The lowest BCUT2D eigenvalue weighted by molar-refractivity contribution is 0.411. The molecule has 2 heterocycles. The molecule has 0 aliphatic carbocycles. The highest BCUT2D eigenvalue weighted by Crippen LogP contribution is 2.17. The minimum absolute atomic E-state index is 0.241. The first-order valence-electron chi connectivity index (χ1n) is 7.84. The zero-order chi connectivity index (χ0) is 18.7. The van der Waals surface area contributed by atoms with Gasteiger partial charge in [-0.1, -0.05) is 17.3 Å². The van der Waals surface area contributed by atoms with Crippen LogP contribution in [0.4, 0.5) is 0 Å². The highest BCUT2D eigenvalue weighted by atomic mass is 32.2. The molecular formula is C18H18N4O3S. The Labute approximate surface area is 152 Å². The number of benzene rings is 1. The summed E-state index contributed by atoms with van der Waals surface area (Å²) in [5.74, 6) is 0.758. The van der Waals surface area contributed by atoms with Gasteiger partial charge in [-0.2, -0.15) is 4.98 Å². The van der Waals surface area contributed by atoms with E-state index in [1.165, 1.54) is 18.4 Å². The predicted octanol–water partition coefficient (Wildman–Crippen LogP) is 2.86. The molecule has 0 saturated heterocycles. The molecule has 0 atom stereocenters. The highest BCUT2D eigenvalue weighted by Gasteiger charge is 2.16. The van der Waals surface area contributed by atoms with Crippen molar-refractivity contribution in [2.45, 2.75) is 11.8 Å². The minimum Gasteiger partial charge on any atom is -0.334 e. The number of aryl methyl sites for hydroxylation is 1. The van der Waals surface area contributed by atoms with Gasteiger partial charge in [0.2, 0.25) is 15.8 Å². The van der Waals surface area contributed by atoms with Crippen LogP contribution in [0.25, 0.3) is 23.7 Å². The van der Waals surface area contributed by atoms with Crippen LogP contribution in [0.2, 0.25) is 0 Å². The van der Waals surface area contributed by atoms with Crippen molar-refractivity contribution in [1.29, 1.82) is 0 Å². The highest BCUT2D eigenvalue weighted by molar-refractivity contribution is 7.89. The van der Waals surface area contributed by atoms with Gasteiger partial charge in [0, 0.05) is 26.4 Å². The summed E-state index contributed by atoms with van der Waals surface area (Å²) in [7, 11) is -0.431. The molecule has 3 rings (SSSR count). The fraction of sp³-hybridized carbons (Fsp3) is 0.167. The van der Waals surface area contributed by atoms with Crippen LogP contribution in [0.1, 0.15) is 17.0 Å². The van der Waals surface area contributed by atoms with E-state index in [1.807, 2.05) is 19.1 Å². The molecule has 0 unspecified atom stereocenters. The minimum atomic E-state index is -3.43. The Balaban J connectivity index is 1.77. The van der Waals surface area contributed by atoms with Gasteiger partial charge in [-0.05, 0) is 48.4 Å². The SMILES string of the molecule is Cc1ccnc(-c2noc(/C=C/c3ccc(S(=O)(=O)N(C)C)cc3)n2)c1. The van der Waals surface area contributed by atoms with Crippen LogP contribution in [0, 0.1) is 6.92 Å². The molecule has 1 aromatic carbocycles. The zero-order valence-corrected chi connectivity index (χ0v) is 15.4. The summed E-state index contributed by atoms with van der Waals surface area (Å²) in [6.45, 7) is 1.96. The molecule has 0 amide bonds. The molecule has 0 bridgehead atoms. The molecular weight excluding hydrogens is 352 g/mol. The monoisotopic (exact) mass is 370 g/mol. The lowest BCUT2D eigenvalue weighted by Gasteiger charge is -2.10. The molecule has 0 saturated carbocycles. The Bertz CT molecular complexity index is 1040.